The fraction of sp³-hybridized carbons (Fsp3) is 0.600. The van der Waals surface area contributed by atoms with Gasteiger partial charge in [-0.3, -0.25) is 14.8 Å². The van der Waals surface area contributed by atoms with E-state index in [1.54, 1.807) is 18.4 Å². The van der Waals surface area contributed by atoms with Crippen LogP contribution in [0.3, 0.4) is 0 Å². The standard InChI is InChI=1S/C20H28N4O2S/c1-26-13-15-11-14(22-23-15)12-21-20(25)19-9-8-18(27-19)17-7-4-10-24(17)16-5-2-3-6-16/h8-9,11,16-17H,2-7,10,12-13H2,1H3,(H,21,25)(H,22,23). The highest BCUT2D eigenvalue weighted by atomic mass is 32.1. The molecule has 6 nitrogen and oxygen atoms in total. The second-order valence-electron chi connectivity index (χ2n) is 7.54. The Kier molecular flexibility index (Phi) is 5.90. The molecular formula is C20H28N4O2S. The third-order valence-electron chi connectivity index (χ3n) is 5.68. The number of nitrogens with one attached hydrogen (secondary N) is 2. The molecule has 2 N–H and O–H groups in total. The molecule has 146 valence electrons. The summed E-state index contributed by atoms with van der Waals surface area (Å²) in [6, 6.07) is 7.30. The quantitative estimate of drug-likeness (QED) is 0.760. The van der Waals surface area contributed by atoms with Gasteiger partial charge < -0.3 is 10.1 Å². The van der Waals surface area contributed by atoms with Crippen LogP contribution in [0.5, 0.6) is 0 Å². The number of hydrogen-bond acceptors (Lipinski definition) is 5. The lowest BCUT2D eigenvalue weighted by atomic mass is 10.1. The minimum absolute atomic E-state index is 0.0143. The zero-order chi connectivity index (χ0) is 18.6. The Morgan fingerprint density at radius 2 is 2.19 bits per heavy atom. The second-order valence-corrected chi connectivity index (χ2v) is 8.65. The van der Waals surface area contributed by atoms with Crippen LogP contribution in [0.2, 0.25) is 0 Å². The van der Waals surface area contributed by atoms with Gasteiger partial charge in [0, 0.05) is 24.1 Å². The number of nitrogens with zero attached hydrogens (tertiary/aromatic N) is 2. The van der Waals surface area contributed by atoms with E-state index in [1.165, 1.54) is 49.9 Å². The molecule has 1 saturated carbocycles. The number of amides is 1. The molecule has 1 atom stereocenters. The topological polar surface area (TPSA) is 70.2 Å². The van der Waals surface area contributed by atoms with Crippen LogP contribution in [0.1, 0.15) is 70.5 Å². The number of H-pyrrole nitrogens is 1. The van der Waals surface area contributed by atoms with Crippen LogP contribution in [0.25, 0.3) is 0 Å². The van der Waals surface area contributed by atoms with Crippen molar-refractivity contribution in [2.75, 3.05) is 13.7 Å². The molecule has 1 amide bonds. The van der Waals surface area contributed by atoms with E-state index in [-0.39, 0.29) is 5.91 Å². The summed E-state index contributed by atoms with van der Waals surface area (Å²) in [4.78, 5) is 17.4. The van der Waals surface area contributed by atoms with E-state index in [9.17, 15) is 4.79 Å². The van der Waals surface area contributed by atoms with E-state index >= 15 is 0 Å². The first-order valence-electron chi connectivity index (χ1n) is 9.90. The van der Waals surface area contributed by atoms with Gasteiger partial charge >= 0.3 is 0 Å². The number of carbonyl (C=O) groups excluding carboxylic acids is 1. The van der Waals surface area contributed by atoms with Crippen LogP contribution in [-0.2, 0) is 17.9 Å². The van der Waals surface area contributed by atoms with Gasteiger partial charge in [0.15, 0.2) is 0 Å². The van der Waals surface area contributed by atoms with E-state index in [1.807, 2.05) is 12.1 Å². The van der Waals surface area contributed by atoms with Crippen molar-refractivity contribution in [2.45, 2.75) is 63.8 Å². The predicted molar refractivity (Wildman–Crippen MR) is 106 cm³/mol. The number of aromatic amines is 1. The number of rotatable bonds is 7. The van der Waals surface area contributed by atoms with Crippen molar-refractivity contribution in [1.29, 1.82) is 0 Å². The fourth-order valence-electron chi connectivity index (χ4n) is 4.41. The summed E-state index contributed by atoms with van der Waals surface area (Å²) in [5.74, 6) is -0.0143. The van der Waals surface area contributed by atoms with Gasteiger partial charge in [0.1, 0.15) is 0 Å². The first-order chi connectivity index (χ1) is 13.2. The summed E-state index contributed by atoms with van der Waals surface area (Å²) in [7, 11) is 1.64. The Labute approximate surface area is 164 Å². The maximum atomic E-state index is 12.5. The molecule has 0 radical (unpaired) electrons. The minimum atomic E-state index is -0.0143. The third kappa shape index (κ3) is 4.25. The molecule has 1 saturated heterocycles. The van der Waals surface area contributed by atoms with Crippen LogP contribution >= 0.6 is 11.3 Å². The van der Waals surface area contributed by atoms with Crippen LogP contribution in [-0.4, -0.2) is 40.7 Å². The lowest BCUT2D eigenvalue weighted by Gasteiger charge is -2.29. The van der Waals surface area contributed by atoms with Crippen molar-refractivity contribution in [3.63, 3.8) is 0 Å². The zero-order valence-corrected chi connectivity index (χ0v) is 16.7. The van der Waals surface area contributed by atoms with E-state index < -0.39 is 0 Å². The highest BCUT2D eigenvalue weighted by molar-refractivity contribution is 7.14. The molecule has 0 spiro atoms. The Balaban J connectivity index is 1.35. The van der Waals surface area contributed by atoms with Crippen molar-refractivity contribution in [3.05, 3.63) is 39.3 Å². The molecule has 27 heavy (non-hydrogen) atoms. The summed E-state index contributed by atoms with van der Waals surface area (Å²) >= 11 is 1.65. The van der Waals surface area contributed by atoms with Gasteiger partial charge in [0.25, 0.3) is 5.91 Å². The SMILES string of the molecule is COCc1cc(CNC(=O)c2ccc(C3CCCN3C3CCCC3)s2)[nH]n1. The van der Waals surface area contributed by atoms with Gasteiger partial charge in [-0.2, -0.15) is 5.10 Å². The van der Waals surface area contributed by atoms with Crippen LogP contribution in [0, 0.1) is 0 Å². The number of thiophene rings is 1. The molecule has 4 rings (SSSR count). The van der Waals surface area contributed by atoms with E-state index in [0.717, 1.165) is 22.3 Å². The summed E-state index contributed by atoms with van der Waals surface area (Å²) in [5.41, 5.74) is 1.73. The van der Waals surface area contributed by atoms with Gasteiger partial charge in [0.05, 0.1) is 29.4 Å². The molecule has 1 aliphatic heterocycles. The zero-order valence-electron chi connectivity index (χ0n) is 15.9. The summed E-state index contributed by atoms with van der Waals surface area (Å²) < 4.78 is 5.06. The molecule has 7 heteroatoms. The summed E-state index contributed by atoms with van der Waals surface area (Å²) in [6.45, 7) is 2.12. The third-order valence-corrected chi connectivity index (χ3v) is 6.87. The molecule has 1 aliphatic carbocycles. The highest BCUT2D eigenvalue weighted by Gasteiger charge is 2.34. The number of aromatic nitrogens is 2. The molecule has 0 bridgehead atoms. The minimum Gasteiger partial charge on any atom is -0.378 e. The lowest BCUT2D eigenvalue weighted by Crippen LogP contribution is -2.32. The van der Waals surface area contributed by atoms with Crippen molar-refractivity contribution in [2.24, 2.45) is 0 Å². The monoisotopic (exact) mass is 388 g/mol. The average Bonchev–Trinajstić information content (AvgIpc) is 3.46. The highest BCUT2D eigenvalue weighted by Crippen LogP contribution is 2.40. The normalized spacial score (nSPS) is 21.1. The van der Waals surface area contributed by atoms with Crippen LogP contribution in [0.15, 0.2) is 18.2 Å². The van der Waals surface area contributed by atoms with E-state index in [0.29, 0.717) is 19.2 Å². The van der Waals surface area contributed by atoms with Gasteiger partial charge in [-0.05, 0) is 50.4 Å². The Bertz CT molecular complexity index is 766. The lowest BCUT2D eigenvalue weighted by molar-refractivity contribution is 0.0954. The molecular weight excluding hydrogens is 360 g/mol. The molecule has 2 fully saturated rings. The largest absolute Gasteiger partial charge is 0.378 e. The smallest absolute Gasteiger partial charge is 0.261 e. The van der Waals surface area contributed by atoms with E-state index in [4.69, 9.17) is 4.74 Å². The van der Waals surface area contributed by atoms with Crippen LogP contribution < -0.4 is 5.32 Å². The van der Waals surface area contributed by atoms with E-state index in [2.05, 4.69) is 26.5 Å². The van der Waals surface area contributed by atoms with Gasteiger partial charge in [-0.25, -0.2) is 0 Å². The molecule has 1 unspecified atom stereocenters. The first-order valence-corrected chi connectivity index (χ1v) is 10.7. The van der Waals surface area contributed by atoms with Gasteiger partial charge in [-0.15, -0.1) is 11.3 Å². The Hall–Kier alpha value is -1.70. The predicted octanol–water partition coefficient (Wildman–Crippen LogP) is 3.63. The maximum Gasteiger partial charge on any atom is 0.261 e. The number of ether oxygens (including phenoxy) is 1. The molecule has 2 aromatic rings. The molecule has 0 aromatic carbocycles. The molecule has 2 aliphatic rings. The number of methoxy groups -OCH3 is 1. The number of likely N-dealkylation sites (tertiary alicyclic amines) is 1. The first kappa shape index (κ1) is 18.7. The van der Waals surface area contributed by atoms with Crippen molar-refractivity contribution >= 4 is 17.2 Å². The average molecular weight is 389 g/mol. The summed E-state index contributed by atoms with van der Waals surface area (Å²) in [6.07, 6.45) is 7.89. The Morgan fingerprint density at radius 3 is 3.00 bits per heavy atom. The van der Waals surface area contributed by atoms with Crippen molar-refractivity contribution in [1.82, 2.24) is 20.4 Å². The number of hydrogen-bond donors (Lipinski definition) is 2. The van der Waals surface area contributed by atoms with Gasteiger partial charge in [-0.1, -0.05) is 12.8 Å². The Morgan fingerprint density at radius 1 is 1.33 bits per heavy atom. The van der Waals surface area contributed by atoms with Crippen molar-refractivity contribution in [3.8, 4) is 0 Å². The van der Waals surface area contributed by atoms with Gasteiger partial charge in [0.2, 0.25) is 0 Å². The fourth-order valence-corrected chi connectivity index (χ4v) is 5.49. The molecule has 3 heterocycles. The second kappa shape index (κ2) is 8.54. The molecule has 2 aromatic heterocycles. The maximum absolute atomic E-state index is 12.5. The van der Waals surface area contributed by atoms with Crippen molar-refractivity contribution < 1.29 is 9.53 Å². The number of carbonyl (C=O) groups is 1. The summed E-state index contributed by atoms with van der Waals surface area (Å²) in [5, 5.41) is 10.1. The van der Waals surface area contributed by atoms with Crippen LogP contribution in [0.4, 0.5) is 0 Å².